The average Bonchev–Trinajstić information content (AvgIpc) is 2.62. The van der Waals surface area contributed by atoms with Crippen molar-refractivity contribution in [3.8, 4) is 0 Å². The Hall–Kier alpha value is -0.160. The first-order chi connectivity index (χ1) is 6.65. The first kappa shape index (κ1) is 10.4. The maximum Gasteiger partial charge on any atom is 0.0938 e. The zero-order chi connectivity index (χ0) is 10.1. The lowest BCUT2D eigenvalue weighted by Crippen LogP contribution is -2.31. The van der Waals surface area contributed by atoms with Crippen LogP contribution in [0.1, 0.15) is 19.8 Å². The van der Waals surface area contributed by atoms with Gasteiger partial charge < -0.3 is 14.9 Å². The average molecular weight is 201 g/mol. The Bertz CT molecular complexity index is 190. The van der Waals surface area contributed by atoms with E-state index in [0.29, 0.717) is 25.3 Å². The van der Waals surface area contributed by atoms with E-state index in [-0.39, 0.29) is 0 Å². The van der Waals surface area contributed by atoms with E-state index >= 15 is 0 Å². The molecule has 0 amide bonds. The lowest BCUT2D eigenvalue weighted by atomic mass is 10.2. The van der Waals surface area contributed by atoms with Crippen LogP contribution in [-0.2, 0) is 4.74 Å². The molecule has 4 heteroatoms. The van der Waals surface area contributed by atoms with Crippen LogP contribution in [0.4, 0.5) is 0 Å². The molecule has 2 fully saturated rings. The normalized spacial score (nSPS) is 44.8. The van der Waals surface area contributed by atoms with Gasteiger partial charge in [-0.3, -0.25) is 4.90 Å². The Balaban J connectivity index is 1.76. The number of hydrogen-bond donors (Lipinski definition) is 2. The molecule has 2 N–H and O–H groups in total. The van der Waals surface area contributed by atoms with E-state index in [1.807, 2.05) is 0 Å². The molecule has 0 aromatic rings. The highest BCUT2D eigenvalue weighted by Crippen LogP contribution is 2.21. The monoisotopic (exact) mass is 201 g/mol. The van der Waals surface area contributed by atoms with E-state index in [1.54, 1.807) is 0 Å². The molecule has 4 nitrogen and oxygen atoms in total. The van der Waals surface area contributed by atoms with Gasteiger partial charge in [-0.15, -0.1) is 0 Å². The third kappa shape index (κ3) is 2.25. The summed E-state index contributed by atoms with van der Waals surface area (Å²) >= 11 is 0. The highest BCUT2D eigenvalue weighted by Gasteiger charge is 2.32. The predicted octanol–water partition coefficient (Wildman–Crippen LogP) is -0.409. The van der Waals surface area contributed by atoms with Crippen molar-refractivity contribution >= 4 is 0 Å². The summed E-state index contributed by atoms with van der Waals surface area (Å²) < 4.78 is 5.69. The smallest absolute Gasteiger partial charge is 0.0938 e. The number of nitrogens with zero attached hydrogens (tertiary/aromatic N) is 1. The molecule has 0 bridgehead atoms. The van der Waals surface area contributed by atoms with Gasteiger partial charge in [0.2, 0.25) is 0 Å². The summed E-state index contributed by atoms with van der Waals surface area (Å²) in [6.45, 7) is 4.09. The van der Waals surface area contributed by atoms with Crippen LogP contribution in [0.15, 0.2) is 0 Å². The van der Waals surface area contributed by atoms with Crippen LogP contribution in [0.2, 0.25) is 0 Å². The van der Waals surface area contributed by atoms with Gasteiger partial charge in [-0.05, 0) is 19.8 Å². The summed E-state index contributed by atoms with van der Waals surface area (Å²) in [6.07, 6.45) is 1.75. The number of aliphatic hydroxyl groups is 2. The summed E-state index contributed by atoms with van der Waals surface area (Å²) in [5.74, 6) is 0. The molecule has 0 aromatic carbocycles. The highest BCUT2D eigenvalue weighted by atomic mass is 16.5. The molecule has 0 radical (unpaired) electrons. The Kier molecular flexibility index (Phi) is 3.07. The molecule has 2 heterocycles. The number of β-amino-alcohol motifs (C(OH)–C–C–N with tert-alkyl or cyclic N) is 2. The van der Waals surface area contributed by atoms with E-state index in [0.717, 1.165) is 19.4 Å². The van der Waals surface area contributed by atoms with E-state index in [1.165, 1.54) is 0 Å². The van der Waals surface area contributed by atoms with Crippen molar-refractivity contribution in [1.29, 1.82) is 0 Å². The van der Waals surface area contributed by atoms with Gasteiger partial charge in [0.25, 0.3) is 0 Å². The molecule has 4 unspecified atom stereocenters. The minimum atomic E-state index is -0.575. The lowest BCUT2D eigenvalue weighted by Gasteiger charge is -2.19. The van der Waals surface area contributed by atoms with Crippen LogP contribution in [-0.4, -0.2) is 59.2 Å². The van der Waals surface area contributed by atoms with Crippen molar-refractivity contribution in [3.63, 3.8) is 0 Å². The summed E-state index contributed by atoms with van der Waals surface area (Å²) in [5.41, 5.74) is 0. The largest absolute Gasteiger partial charge is 0.389 e. The fraction of sp³-hybridized carbons (Fsp3) is 1.00. The number of ether oxygens (including phenoxy) is 1. The molecule has 2 aliphatic rings. The fourth-order valence-corrected chi connectivity index (χ4v) is 2.30. The third-order valence-electron chi connectivity index (χ3n) is 3.12. The zero-order valence-corrected chi connectivity index (χ0v) is 8.59. The van der Waals surface area contributed by atoms with E-state index in [4.69, 9.17) is 4.74 Å². The quantitative estimate of drug-likeness (QED) is 0.638. The van der Waals surface area contributed by atoms with Gasteiger partial charge in [0, 0.05) is 19.6 Å². The minimum absolute atomic E-state index is 0.294. The Labute approximate surface area is 84.5 Å². The van der Waals surface area contributed by atoms with Crippen LogP contribution in [0.25, 0.3) is 0 Å². The Morgan fingerprint density at radius 1 is 1.21 bits per heavy atom. The van der Waals surface area contributed by atoms with Gasteiger partial charge in [0.1, 0.15) is 0 Å². The molecule has 2 rings (SSSR count). The molecule has 0 saturated carbocycles. The maximum absolute atomic E-state index is 9.36. The number of likely N-dealkylation sites (tertiary alicyclic amines) is 1. The van der Waals surface area contributed by atoms with E-state index in [9.17, 15) is 10.2 Å². The highest BCUT2D eigenvalue weighted by molar-refractivity contribution is 4.85. The SMILES string of the molecule is CC1CCC(CN2CC(O)C(O)C2)O1. The van der Waals surface area contributed by atoms with Gasteiger partial charge >= 0.3 is 0 Å². The van der Waals surface area contributed by atoms with Crippen molar-refractivity contribution in [2.45, 2.75) is 44.2 Å². The Morgan fingerprint density at radius 3 is 2.36 bits per heavy atom. The second-order valence-corrected chi connectivity index (χ2v) is 4.50. The number of rotatable bonds is 2. The van der Waals surface area contributed by atoms with Crippen LogP contribution >= 0.6 is 0 Å². The molecule has 2 aliphatic heterocycles. The third-order valence-corrected chi connectivity index (χ3v) is 3.12. The topological polar surface area (TPSA) is 52.9 Å². The van der Waals surface area contributed by atoms with Gasteiger partial charge in [-0.25, -0.2) is 0 Å². The molecule has 2 saturated heterocycles. The van der Waals surface area contributed by atoms with E-state index < -0.39 is 12.2 Å². The van der Waals surface area contributed by atoms with Crippen molar-refractivity contribution in [2.75, 3.05) is 19.6 Å². The second kappa shape index (κ2) is 4.14. The molecule has 0 aliphatic carbocycles. The van der Waals surface area contributed by atoms with Crippen LogP contribution in [0, 0.1) is 0 Å². The first-order valence-electron chi connectivity index (χ1n) is 5.39. The van der Waals surface area contributed by atoms with Crippen molar-refractivity contribution < 1.29 is 14.9 Å². The maximum atomic E-state index is 9.36. The van der Waals surface area contributed by atoms with Gasteiger partial charge in [0.05, 0.1) is 24.4 Å². The molecule has 14 heavy (non-hydrogen) atoms. The van der Waals surface area contributed by atoms with Crippen molar-refractivity contribution in [2.24, 2.45) is 0 Å². The first-order valence-corrected chi connectivity index (χ1v) is 5.39. The standard InChI is InChI=1S/C10H19NO3/c1-7-2-3-8(14-7)4-11-5-9(12)10(13)6-11/h7-10,12-13H,2-6H2,1H3. The molecule has 4 atom stereocenters. The molecular formula is C10H19NO3. The predicted molar refractivity (Wildman–Crippen MR) is 52.0 cm³/mol. The van der Waals surface area contributed by atoms with Crippen LogP contribution in [0.3, 0.4) is 0 Å². The van der Waals surface area contributed by atoms with Crippen LogP contribution < -0.4 is 0 Å². The Morgan fingerprint density at radius 2 is 1.86 bits per heavy atom. The van der Waals surface area contributed by atoms with Gasteiger partial charge in [0.15, 0.2) is 0 Å². The minimum Gasteiger partial charge on any atom is -0.389 e. The zero-order valence-electron chi connectivity index (χ0n) is 8.59. The summed E-state index contributed by atoms with van der Waals surface area (Å²) in [7, 11) is 0. The summed E-state index contributed by atoms with van der Waals surface area (Å²) in [4.78, 5) is 2.08. The van der Waals surface area contributed by atoms with Gasteiger partial charge in [-0.2, -0.15) is 0 Å². The van der Waals surface area contributed by atoms with Gasteiger partial charge in [-0.1, -0.05) is 0 Å². The molecule has 0 aromatic heterocycles. The molecule has 0 spiro atoms. The number of aliphatic hydroxyl groups excluding tert-OH is 2. The molecular weight excluding hydrogens is 182 g/mol. The fourth-order valence-electron chi connectivity index (χ4n) is 2.30. The van der Waals surface area contributed by atoms with Crippen molar-refractivity contribution in [3.05, 3.63) is 0 Å². The summed E-state index contributed by atoms with van der Waals surface area (Å²) in [5, 5.41) is 18.7. The van der Waals surface area contributed by atoms with Crippen LogP contribution in [0.5, 0.6) is 0 Å². The lowest BCUT2D eigenvalue weighted by molar-refractivity contribution is 0.0335. The number of hydrogen-bond acceptors (Lipinski definition) is 4. The second-order valence-electron chi connectivity index (χ2n) is 4.50. The van der Waals surface area contributed by atoms with Crippen molar-refractivity contribution in [1.82, 2.24) is 4.90 Å². The van der Waals surface area contributed by atoms with E-state index in [2.05, 4.69) is 11.8 Å². The summed E-state index contributed by atoms with van der Waals surface area (Å²) in [6, 6.07) is 0. The molecule has 82 valence electrons.